The van der Waals surface area contributed by atoms with Gasteiger partial charge in [-0.3, -0.25) is 4.79 Å². The van der Waals surface area contributed by atoms with Crippen LogP contribution >= 0.6 is 0 Å². The molecule has 1 saturated heterocycles. The standard InChI is InChI=1S/C15H20O3/c1-3-4-11-7-12(14(17)8-16)5-6-13(11)10(2)15-9-18-15/h5-7,10,15-16H,3-4,8-9H2,1-2H3. The van der Waals surface area contributed by atoms with Gasteiger partial charge in [-0.25, -0.2) is 0 Å². The summed E-state index contributed by atoms with van der Waals surface area (Å²) in [6, 6.07) is 5.75. The molecular weight excluding hydrogens is 228 g/mol. The number of benzene rings is 1. The van der Waals surface area contributed by atoms with Crippen LogP contribution in [0, 0.1) is 0 Å². The maximum absolute atomic E-state index is 11.5. The van der Waals surface area contributed by atoms with Crippen molar-refractivity contribution < 1.29 is 14.6 Å². The van der Waals surface area contributed by atoms with Gasteiger partial charge in [-0.05, 0) is 23.6 Å². The Kier molecular flexibility index (Phi) is 4.15. The van der Waals surface area contributed by atoms with Gasteiger partial charge >= 0.3 is 0 Å². The Hall–Kier alpha value is -1.19. The van der Waals surface area contributed by atoms with E-state index in [1.165, 1.54) is 11.1 Å². The van der Waals surface area contributed by atoms with Crippen molar-refractivity contribution in [3.05, 3.63) is 34.9 Å². The number of Topliss-reactive ketones (excluding diaryl/α,β-unsaturated/α-hetero) is 1. The lowest BCUT2D eigenvalue weighted by atomic mass is 9.89. The Bertz CT molecular complexity index is 435. The number of ether oxygens (including phenoxy) is 1. The predicted octanol–water partition coefficient (Wildman–Crippen LogP) is 2.32. The number of epoxide rings is 1. The molecule has 0 saturated carbocycles. The first-order valence-electron chi connectivity index (χ1n) is 6.55. The molecule has 2 atom stereocenters. The van der Waals surface area contributed by atoms with Gasteiger partial charge in [0.05, 0.1) is 12.7 Å². The molecule has 1 fully saturated rings. The second-order valence-corrected chi connectivity index (χ2v) is 4.91. The fourth-order valence-electron chi connectivity index (χ4n) is 2.35. The number of aliphatic hydroxyl groups excluding tert-OH is 1. The highest BCUT2D eigenvalue weighted by atomic mass is 16.6. The van der Waals surface area contributed by atoms with E-state index >= 15 is 0 Å². The Morgan fingerprint density at radius 1 is 1.56 bits per heavy atom. The van der Waals surface area contributed by atoms with Crippen LogP contribution in [0.25, 0.3) is 0 Å². The van der Waals surface area contributed by atoms with E-state index in [2.05, 4.69) is 13.8 Å². The third kappa shape index (κ3) is 2.79. The summed E-state index contributed by atoms with van der Waals surface area (Å²) in [5.41, 5.74) is 3.09. The highest BCUT2D eigenvalue weighted by Crippen LogP contribution is 2.32. The molecule has 2 unspecified atom stereocenters. The van der Waals surface area contributed by atoms with Crippen LogP contribution in [0.2, 0.25) is 0 Å². The summed E-state index contributed by atoms with van der Waals surface area (Å²) in [5, 5.41) is 8.92. The molecule has 1 aromatic carbocycles. The van der Waals surface area contributed by atoms with Gasteiger partial charge in [0.1, 0.15) is 6.61 Å². The number of aryl methyl sites for hydroxylation is 1. The van der Waals surface area contributed by atoms with Crippen molar-refractivity contribution in [1.29, 1.82) is 0 Å². The van der Waals surface area contributed by atoms with Gasteiger partial charge in [-0.15, -0.1) is 0 Å². The van der Waals surface area contributed by atoms with Crippen molar-refractivity contribution in [2.45, 2.75) is 38.7 Å². The average Bonchev–Trinajstić information content (AvgIpc) is 3.21. The molecular formula is C15H20O3. The third-order valence-electron chi connectivity index (χ3n) is 3.54. The molecule has 1 aliphatic heterocycles. The summed E-state index contributed by atoms with van der Waals surface area (Å²) in [4.78, 5) is 11.5. The molecule has 1 heterocycles. The molecule has 0 aliphatic carbocycles. The second kappa shape index (κ2) is 5.63. The first-order valence-corrected chi connectivity index (χ1v) is 6.55. The smallest absolute Gasteiger partial charge is 0.188 e. The summed E-state index contributed by atoms with van der Waals surface area (Å²) < 4.78 is 5.35. The largest absolute Gasteiger partial charge is 0.388 e. The first kappa shape index (κ1) is 13.2. The van der Waals surface area contributed by atoms with Crippen LogP contribution in [0.4, 0.5) is 0 Å². The van der Waals surface area contributed by atoms with Crippen molar-refractivity contribution >= 4 is 5.78 Å². The fraction of sp³-hybridized carbons (Fsp3) is 0.533. The number of carbonyl (C=O) groups excluding carboxylic acids is 1. The Morgan fingerprint density at radius 2 is 2.28 bits per heavy atom. The number of carbonyl (C=O) groups is 1. The van der Waals surface area contributed by atoms with Crippen molar-refractivity contribution in [2.75, 3.05) is 13.2 Å². The van der Waals surface area contributed by atoms with Crippen LogP contribution in [0.15, 0.2) is 18.2 Å². The molecule has 2 rings (SSSR count). The molecule has 98 valence electrons. The zero-order valence-corrected chi connectivity index (χ0v) is 11.0. The van der Waals surface area contributed by atoms with Crippen LogP contribution in [0.5, 0.6) is 0 Å². The molecule has 3 heteroatoms. The molecule has 1 aromatic rings. The minimum absolute atomic E-state index is 0.214. The highest BCUT2D eigenvalue weighted by molar-refractivity contribution is 5.97. The minimum atomic E-state index is -0.424. The zero-order valence-electron chi connectivity index (χ0n) is 11.0. The van der Waals surface area contributed by atoms with Gasteiger partial charge in [0.15, 0.2) is 5.78 Å². The Balaban J connectivity index is 2.30. The number of hydrogen-bond donors (Lipinski definition) is 1. The highest BCUT2D eigenvalue weighted by Gasteiger charge is 2.31. The average molecular weight is 248 g/mol. The maximum Gasteiger partial charge on any atom is 0.188 e. The summed E-state index contributed by atoms with van der Waals surface area (Å²) in [7, 11) is 0. The van der Waals surface area contributed by atoms with Crippen LogP contribution < -0.4 is 0 Å². The molecule has 1 aliphatic rings. The minimum Gasteiger partial charge on any atom is -0.388 e. The van der Waals surface area contributed by atoms with Crippen LogP contribution in [-0.2, 0) is 11.2 Å². The van der Waals surface area contributed by atoms with Gasteiger partial charge in [-0.1, -0.05) is 32.4 Å². The first-order chi connectivity index (χ1) is 8.67. The SMILES string of the molecule is CCCc1cc(C(=O)CO)ccc1C(C)C1CO1. The third-order valence-corrected chi connectivity index (χ3v) is 3.54. The molecule has 1 N–H and O–H groups in total. The van der Waals surface area contributed by atoms with Crippen LogP contribution in [-0.4, -0.2) is 30.2 Å². The van der Waals surface area contributed by atoms with Crippen molar-refractivity contribution in [3.8, 4) is 0 Å². The summed E-state index contributed by atoms with van der Waals surface area (Å²) >= 11 is 0. The van der Waals surface area contributed by atoms with E-state index in [4.69, 9.17) is 9.84 Å². The van der Waals surface area contributed by atoms with Crippen molar-refractivity contribution in [2.24, 2.45) is 0 Å². The maximum atomic E-state index is 11.5. The lowest BCUT2D eigenvalue weighted by molar-refractivity contribution is 0.0903. The number of aliphatic hydroxyl groups is 1. The molecule has 0 aromatic heterocycles. The van der Waals surface area contributed by atoms with E-state index in [-0.39, 0.29) is 5.78 Å². The van der Waals surface area contributed by atoms with E-state index in [1.807, 2.05) is 18.2 Å². The van der Waals surface area contributed by atoms with Gasteiger partial charge in [0.25, 0.3) is 0 Å². The monoisotopic (exact) mass is 248 g/mol. The van der Waals surface area contributed by atoms with Crippen molar-refractivity contribution in [1.82, 2.24) is 0 Å². The Morgan fingerprint density at radius 3 is 2.83 bits per heavy atom. The van der Waals surface area contributed by atoms with E-state index in [0.29, 0.717) is 17.6 Å². The van der Waals surface area contributed by atoms with Crippen LogP contribution in [0.3, 0.4) is 0 Å². The van der Waals surface area contributed by atoms with E-state index in [1.54, 1.807) is 0 Å². The lowest BCUT2D eigenvalue weighted by Gasteiger charge is -2.15. The normalized spacial score (nSPS) is 19.6. The molecule has 0 spiro atoms. The summed E-state index contributed by atoms with van der Waals surface area (Å²) in [6.07, 6.45) is 2.33. The quantitative estimate of drug-likeness (QED) is 0.621. The fourth-order valence-corrected chi connectivity index (χ4v) is 2.35. The van der Waals surface area contributed by atoms with Crippen molar-refractivity contribution in [3.63, 3.8) is 0 Å². The molecule has 0 bridgehead atoms. The molecule has 0 amide bonds. The summed E-state index contributed by atoms with van der Waals surface area (Å²) in [6.45, 7) is 4.71. The zero-order chi connectivity index (χ0) is 13.1. The lowest BCUT2D eigenvalue weighted by Crippen LogP contribution is -2.09. The van der Waals surface area contributed by atoms with E-state index in [0.717, 1.165) is 19.4 Å². The number of ketones is 1. The van der Waals surface area contributed by atoms with E-state index < -0.39 is 6.61 Å². The summed E-state index contributed by atoms with van der Waals surface area (Å²) in [5.74, 6) is 0.166. The molecule has 0 radical (unpaired) electrons. The van der Waals surface area contributed by atoms with Gasteiger partial charge in [0.2, 0.25) is 0 Å². The molecule has 3 nitrogen and oxygen atoms in total. The van der Waals surface area contributed by atoms with E-state index in [9.17, 15) is 4.79 Å². The second-order valence-electron chi connectivity index (χ2n) is 4.91. The number of hydrogen-bond acceptors (Lipinski definition) is 3. The van der Waals surface area contributed by atoms with Gasteiger partial charge in [-0.2, -0.15) is 0 Å². The predicted molar refractivity (Wildman–Crippen MR) is 70.0 cm³/mol. The topological polar surface area (TPSA) is 49.8 Å². The van der Waals surface area contributed by atoms with Gasteiger partial charge < -0.3 is 9.84 Å². The van der Waals surface area contributed by atoms with Gasteiger partial charge in [0, 0.05) is 11.5 Å². The number of rotatable bonds is 6. The molecule has 18 heavy (non-hydrogen) atoms. The Labute approximate surface area is 108 Å². The van der Waals surface area contributed by atoms with Crippen LogP contribution in [0.1, 0.15) is 47.7 Å².